The third-order valence-electron chi connectivity index (χ3n) is 3.63. The molecule has 0 spiro atoms. The number of hydrogen-bond acceptors (Lipinski definition) is 5. The predicted molar refractivity (Wildman–Crippen MR) is 101 cm³/mol. The van der Waals surface area contributed by atoms with E-state index in [-0.39, 0.29) is 10.0 Å². The molecule has 4 rings (SSSR count). The molecule has 0 atom stereocenters. The number of hydrogen-bond donors (Lipinski definition) is 0. The second-order valence-corrected chi connectivity index (χ2v) is 9.98. The zero-order valence-corrected chi connectivity index (χ0v) is 15.6. The molecule has 0 fully saturated rings. The lowest BCUT2D eigenvalue weighted by molar-refractivity contribution is 0.611. The number of fused-ring (bicyclic) bond motifs is 1. The molecular formula is C17H9ClFNO2S3. The first-order valence-corrected chi connectivity index (χ1v) is 11.1. The quantitative estimate of drug-likeness (QED) is 0.404. The van der Waals surface area contributed by atoms with Crippen LogP contribution in [0.25, 0.3) is 31.9 Å². The lowest BCUT2D eigenvalue weighted by Gasteiger charge is -2.02. The van der Waals surface area contributed by atoms with E-state index < -0.39 is 9.05 Å². The Bertz CT molecular complexity index is 1180. The van der Waals surface area contributed by atoms with Gasteiger partial charge in [-0.05, 0) is 29.8 Å². The maximum Gasteiger partial charge on any atom is 0.270 e. The molecule has 2 heterocycles. The number of thiophene rings is 1. The van der Waals surface area contributed by atoms with Crippen molar-refractivity contribution >= 4 is 52.6 Å². The molecule has 0 N–H and O–H groups in total. The minimum atomic E-state index is -3.74. The van der Waals surface area contributed by atoms with E-state index in [2.05, 4.69) is 4.98 Å². The first kappa shape index (κ1) is 16.7. The molecule has 25 heavy (non-hydrogen) atoms. The molecule has 0 aliphatic carbocycles. The average molecular weight is 410 g/mol. The summed E-state index contributed by atoms with van der Waals surface area (Å²) in [5.41, 5.74) is 3.39. The van der Waals surface area contributed by atoms with Crippen molar-refractivity contribution in [2.24, 2.45) is 0 Å². The maximum atomic E-state index is 13.2. The highest BCUT2D eigenvalue weighted by molar-refractivity contribution is 8.15. The van der Waals surface area contributed by atoms with Gasteiger partial charge in [-0.15, -0.1) is 22.7 Å². The standard InChI is InChI=1S/C17H9ClFNO2S3/c18-25(21,22)15-8-11(9-23-15)17-20-14-3-1-2-13(16(14)24-17)10-4-6-12(19)7-5-10/h1-9H. The minimum absolute atomic E-state index is 0.0992. The van der Waals surface area contributed by atoms with E-state index in [1.807, 2.05) is 18.2 Å². The van der Waals surface area contributed by atoms with Crippen LogP contribution in [0.1, 0.15) is 0 Å². The molecule has 0 aliphatic heterocycles. The fourth-order valence-electron chi connectivity index (χ4n) is 2.49. The molecule has 0 bridgehead atoms. The van der Waals surface area contributed by atoms with Crippen molar-refractivity contribution in [2.45, 2.75) is 4.21 Å². The highest BCUT2D eigenvalue weighted by atomic mass is 35.7. The summed E-state index contributed by atoms with van der Waals surface area (Å²) in [5, 5.41) is 2.44. The summed E-state index contributed by atoms with van der Waals surface area (Å²) in [5.74, 6) is -0.283. The van der Waals surface area contributed by atoms with Crippen LogP contribution in [0.15, 0.2) is 58.1 Å². The molecule has 0 saturated heterocycles. The van der Waals surface area contributed by atoms with Gasteiger partial charge in [-0.25, -0.2) is 17.8 Å². The lowest BCUT2D eigenvalue weighted by atomic mass is 10.1. The molecule has 2 aromatic carbocycles. The SMILES string of the molecule is O=S(=O)(Cl)c1cc(-c2nc3cccc(-c4ccc(F)cc4)c3s2)cs1. The van der Waals surface area contributed by atoms with Crippen LogP contribution < -0.4 is 0 Å². The number of aromatic nitrogens is 1. The van der Waals surface area contributed by atoms with Crippen molar-refractivity contribution < 1.29 is 12.8 Å². The lowest BCUT2D eigenvalue weighted by Crippen LogP contribution is -1.83. The first-order valence-electron chi connectivity index (χ1n) is 7.11. The Morgan fingerprint density at radius 1 is 1.04 bits per heavy atom. The molecule has 0 aliphatic rings. The van der Waals surface area contributed by atoms with Crippen molar-refractivity contribution in [3.63, 3.8) is 0 Å². The second kappa shape index (κ2) is 6.17. The average Bonchev–Trinajstić information content (AvgIpc) is 3.21. The third-order valence-corrected chi connectivity index (χ3v) is 7.83. The number of rotatable bonds is 3. The van der Waals surface area contributed by atoms with E-state index >= 15 is 0 Å². The van der Waals surface area contributed by atoms with Gasteiger partial charge in [0.05, 0.1) is 10.2 Å². The van der Waals surface area contributed by atoms with Crippen LogP contribution in [0.5, 0.6) is 0 Å². The Balaban J connectivity index is 1.85. The summed E-state index contributed by atoms with van der Waals surface area (Å²) >= 11 is 2.53. The zero-order chi connectivity index (χ0) is 17.6. The molecular weight excluding hydrogens is 401 g/mol. The molecule has 0 saturated carbocycles. The third kappa shape index (κ3) is 3.20. The van der Waals surface area contributed by atoms with Gasteiger partial charge in [0.15, 0.2) is 0 Å². The molecule has 4 aromatic rings. The van der Waals surface area contributed by atoms with Crippen LogP contribution in [0, 0.1) is 5.82 Å². The minimum Gasteiger partial charge on any atom is -0.236 e. The Morgan fingerprint density at radius 3 is 2.48 bits per heavy atom. The molecule has 3 nitrogen and oxygen atoms in total. The summed E-state index contributed by atoms with van der Waals surface area (Å²) in [6.45, 7) is 0. The highest BCUT2D eigenvalue weighted by Crippen LogP contribution is 2.39. The van der Waals surface area contributed by atoms with Crippen LogP contribution in [-0.2, 0) is 9.05 Å². The van der Waals surface area contributed by atoms with Crippen molar-refractivity contribution in [3.8, 4) is 21.7 Å². The molecule has 0 unspecified atom stereocenters. The number of thiazole rings is 1. The summed E-state index contributed by atoms with van der Waals surface area (Å²) in [6, 6.07) is 13.6. The Morgan fingerprint density at radius 2 is 1.80 bits per heavy atom. The summed E-state index contributed by atoms with van der Waals surface area (Å²) in [6.07, 6.45) is 0. The van der Waals surface area contributed by atoms with Crippen molar-refractivity contribution in [1.29, 1.82) is 0 Å². The summed E-state index contributed by atoms with van der Waals surface area (Å²) in [4.78, 5) is 4.60. The van der Waals surface area contributed by atoms with Crippen LogP contribution in [-0.4, -0.2) is 13.4 Å². The van der Waals surface area contributed by atoms with Crippen LogP contribution in [0.4, 0.5) is 4.39 Å². The van der Waals surface area contributed by atoms with Gasteiger partial charge in [-0.1, -0.05) is 24.3 Å². The van der Waals surface area contributed by atoms with Gasteiger partial charge in [-0.2, -0.15) is 0 Å². The monoisotopic (exact) mass is 409 g/mol. The van der Waals surface area contributed by atoms with Gasteiger partial charge < -0.3 is 0 Å². The van der Waals surface area contributed by atoms with Gasteiger partial charge in [0, 0.05) is 27.2 Å². The number of halogens is 2. The Kier molecular flexibility index (Phi) is 4.11. The highest BCUT2D eigenvalue weighted by Gasteiger charge is 2.17. The number of benzene rings is 2. The van der Waals surface area contributed by atoms with Crippen molar-refractivity contribution in [2.75, 3.05) is 0 Å². The molecule has 0 amide bonds. The second-order valence-electron chi connectivity index (χ2n) is 5.27. The van der Waals surface area contributed by atoms with Crippen LogP contribution >= 0.6 is 33.4 Å². The van der Waals surface area contributed by atoms with Gasteiger partial charge >= 0.3 is 0 Å². The van der Waals surface area contributed by atoms with Crippen molar-refractivity contribution in [1.82, 2.24) is 4.98 Å². The van der Waals surface area contributed by atoms with Gasteiger partial charge in [0.25, 0.3) is 9.05 Å². The summed E-state index contributed by atoms with van der Waals surface area (Å²) in [7, 11) is 1.65. The van der Waals surface area contributed by atoms with E-state index in [0.29, 0.717) is 5.01 Å². The molecule has 0 radical (unpaired) electrons. The fraction of sp³-hybridized carbons (Fsp3) is 0. The summed E-state index contributed by atoms with van der Waals surface area (Å²) < 4.78 is 37.1. The van der Waals surface area contributed by atoms with Gasteiger partial charge in [0.1, 0.15) is 15.0 Å². The smallest absolute Gasteiger partial charge is 0.236 e. The Labute approximate surface area is 155 Å². The van der Waals surface area contributed by atoms with E-state index in [1.165, 1.54) is 29.5 Å². The first-order chi connectivity index (χ1) is 11.9. The maximum absolute atomic E-state index is 13.2. The van der Waals surface area contributed by atoms with E-state index in [0.717, 1.165) is 38.2 Å². The van der Waals surface area contributed by atoms with E-state index in [9.17, 15) is 12.8 Å². The molecule has 126 valence electrons. The molecule has 2 aromatic heterocycles. The number of nitrogens with zero attached hydrogens (tertiary/aromatic N) is 1. The Hall–Kier alpha value is -1.80. The van der Waals surface area contributed by atoms with Crippen LogP contribution in [0.2, 0.25) is 0 Å². The largest absolute Gasteiger partial charge is 0.270 e. The topological polar surface area (TPSA) is 47.0 Å². The fourth-order valence-corrected chi connectivity index (χ4v) is 5.60. The normalized spacial score (nSPS) is 11.9. The van der Waals surface area contributed by atoms with Crippen LogP contribution in [0.3, 0.4) is 0 Å². The van der Waals surface area contributed by atoms with E-state index in [4.69, 9.17) is 10.7 Å². The van der Waals surface area contributed by atoms with Gasteiger partial charge in [-0.3, -0.25) is 0 Å². The van der Waals surface area contributed by atoms with Crippen molar-refractivity contribution in [3.05, 3.63) is 59.7 Å². The molecule has 8 heteroatoms. The van der Waals surface area contributed by atoms with Gasteiger partial charge in [0.2, 0.25) is 0 Å². The zero-order valence-electron chi connectivity index (χ0n) is 12.4. The predicted octanol–water partition coefficient (Wildman–Crippen LogP) is 5.76. The van der Waals surface area contributed by atoms with E-state index in [1.54, 1.807) is 17.5 Å².